The smallest absolute Gasteiger partial charge is 0.340 e. The average molecular weight is 245 g/mol. The Morgan fingerprint density at radius 2 is 2.22 bits per heavy atom. The van der Waals surface area contributed by atoms with E-state index in [1.807, 2.05) is 20.0 Å². The van der Waals surface area contributed by atoms with Crippen LogP contribution in [0.1, 0.15) is 21.6 Å². The first-order valence-corrected chi connectivity index (χ1v) is 5.58. The zero-order chi connectivity index (χ0) is 13.1. The Labute approximate surface area is 105 Å². The molecule has 0 aliphatic carbocycles. The highest BCUT2D eigenvalue weighted by Crippen LogP contribution is 2.15. The summed E-state index contributed by atoms with van der Waals surface area (Å²) in [6, 6.07) is 7.07. The quantitative estimate of drug-likeness (QED) is 0.659. The molecule has 1 heterocycles. The normalized spacial score (nSPS) is 10.3. The molecule has 2 aromatic rings. The molecule has 94 valence electrons. The largest absolute Gasteiger partial charge is 0.455 e. The van der Waals surface area contributed by atoms with Gasteiger partial charge in [-0.15, -0.1) is 0 Å². The zero-order valence-electron chi connectivity index (χ0n) is 10.4. The molecule has 0 spiro atoms. The van der Waals surface area contributed by atoms with Gasteiger partial charge in [0.25, 0.3) is 0 Å². The standard InChI is InChI=1S/C13H15N3O2/c1-9-3-4-12(14)11(7-9)13(17)18-8-10-5-6-16(2)15-10/h3-7H,8,14H2,1-2H3. The number of aryl methyl sites for hydroxylation is 2. The summed E-state index contributed by atoms with van der Waals surface area (Å²) in [5.41, 5.74) is 8.23. The van der Waals surface area contributed by atoms with Crippen molar-refractivity contribution in [2.75, 3.05) is 5.73 Å². The monoisotopic (exact) mass is 245 g/mol. The number of carbonyl (C=O) groups excluding carboxylic acids is 1. The summed E-state index contributed by atoms with van der Waals surface area (Å²) in [5, 5.41) is 4.12. The maximum absolute atomic E-state index is 11.9. The number of aromatic nitrogens is 2. The molecule has 0 amide bonds. The minimum absolute atomic E-state index is 0.146. The summed E-state index contributed by atoms with van der Waals surface area (Å²) >= 11 is 0. The van der Waals surface area contributed by atoms with Crippen molar-refractivity contribution in [3.63, 3.8) is 0 Å². The minimum atomic E-state index is -0.429. The Hall–Kier alpha value is -2.30. The first-order valence-electron chi connectivity index (χ1n) is 5.58. The van der Waals surface area contributed by atoms with E-state index in [9.17, 15) is 4.79 Å². The summed E-state index contributed by atoms with van der Waals surface area (Å²) in [6.45, 7) is 2.04. The van der Waals surface area contributed by atoms with E-state index in [1.54, 1.807) is 29.1 Å². The highest BCUT2D eigenvalue weighted by Gasteiger charge is 2.12. The molecule has 0 bridgehead atoms. The molecule has 5 nitrogen and oxygen atoms in total. The van der Waals surface area contributed by atoms with Gasteiger partial charge in [0.2, 0.25) is 0 Å². The third-order valence-corrected chi connectivity index (χ3v) is 2.55. The van der Waals surface area contributed by atoms with Crippen LogP contribution in [0.4, 0.5) is 5.69 Å². The summed E-state index contributed by atoms with van der Waals surface area (Å²) in [5.74, 6) is -0.429. The Morgan fingerprint density at radius 3 is 2.89 bits per heavy atom. The molecule has 5 heteroatoms. The Morgan fingerprint density at radius 1 is 1.44 bits per heavy atom. The van der Waals surface area contributed by atoms with Crippen LogP contribution in [0.2, 0.25) is 0 Å². The van der Waals surface area contributed by atoms with Crippen LogP contribution in [0.5, 0.6) is 0 Å². The number of nitrogens with zero attached hydrogens (tertiary/aromatic N) is 2. The van der Waals surface area contributed by atoms with Gasteiger partial charge in [-0.05, 0) is 25.1 Å². The van der Waals surface area contributed by atoms with Gasteiger partial charge < -0.3 is 10.5 Å². The summed E-state index contributed by atoms with van der Waals surface area (Å²) in [6.07, 6.45) is 1.80. The van der Waals surface area contributed by atoms with Crippen molar-refractivity contribution in [3.05, 3.63) is 47.3 Å². The van der Waals surface area contributed by atoms with Gasteiger partial charge in [-0.2, -0.15) is 5.10 Å². The van der Waals surface area contributed by atoms with E-state index in [4.69, 9.17) is 10.5 Å². The highest BCUT2D eigenvalue weighted by atomic mass is 16.5. The van der Waals surface area contributed by atoms with Crippen molar-refractivity contribution in [2.24, 2.45) is 7.05 Å². The van der Waals surface area contributed by atoms with Crippen LogP contribution in [0, 0.1) is 6.92 Å². The molecule has 0 saturated heterocycles. The van der Waals surface area contributed by atoms with Crippen molar-refractivity contribution in [1.82, 2.24) is 9.78 Å². The summed E-state index contributed by atoms with van der Waals surface area (Å²) in [4.78, 5) is 11.9. The van der Waals surface area contributed by atoms with E-state index in [2.05, 4.69) is 5.10 Å². The maximum Gasteiger partial charge on any atom is 0.340 e. The van der Waals surface area contributed by atoms with Crippen molar-refractivity contribution in [3.8, 4) is 0 Å². The second-order valence-corrected chi connectivity index (χ2v) is 4.15. The van der Waals surface area contributed by atoms with Gasteiger partial charge in [0.1, 0.15) is 6.61 Å². The lowest BCUT2D eigenvalue weighted by molar-refractivity contribution is 0.0468. The Kier molecular flexibility index (Phi) is 3.32. The molecule has 2 rings (SSSR count). The third-order valence-electron chi connectivity index (χ3n) is 2.55. The van der Waals surface area contributed by atoms with Gasteiger partial charge in [-0.25, -0.2) is 4.79 Å². The predicted octanol–water partition coefficient (Wildman–Crippen LogP) is 1.67. The molecule has 18 heavy (non-hydrogen) atoms. The molecular formula is C13H15N3O2. The average Bonchev–Trinajstić information content (AvgIpc) is 2.75. The van der Waals surface area contributed by atoms with Crippen LogP contribution in [0.3, 0.4) is 0 Å². The molecule has 2 N–H and O–H groups in total. The number of rotatable bonds is 3. The molecule has 0 saturated carbocycles. The van der Waals surface area contributed by atoms with Crippen LogP contribution < -0.4 is 5.73 Å². The van der Waals surface area contributed by atoms with Crippen LogP contribution in [-0.2, 0) is 18.4 Å². The van der Waals surface area contributed by atoms with Gasteiger partial charge in [-0.1, -0.05) is 11.6 Å². The number of ether oxygens (including phenoxy) is 1. The van der Waals surface area contributed by atoms with Crippen molar-refractivity contribution in [2.45, 2.75) is 13.5 Å². The van der Waals surface area contributed by atoms with E-state index in [1.165, 1.54) is 0 Å². The number of anilines is 1. The fourth-order valence-corrected chi connectivity index (χ4v) is 1.60. The molecule has 0 atom stereocenters. The first-order chi connectivity index (χ1) is 8.56. The number of benzene rings is 1. The van der Waals surface area contributed by atoms with Gasteiger partial charge in [0.05, 0.1) is 11.3 Å². The van der Waals surface area contributed by atoms with Crippen LogP contribution in [0.25, 0.3) is 0 Å². The van der Waals surface area contributed by atoms with E-state index in [0.29, 0.717) is 16.9 Å². The van der Waals surface area contributed by atoms with Gasteiger partial charge in [-0.3, -0.25) is 4.68 Å². The molecule has 0 fully saturated rings. The van der Waals surface area contributed by atoms with Crippen LogP contribution >= 0.6 is 0 Å². The number of nitrogens with two attached hydrogens (primary N) is 1. The van der Waals surface area contributed by atoms with Gasteiger partial charge in [0, 0.05) is 18.9 Å². The number of nitrogen functional groups attached to an aromatic ring is 1. The SMILES string of the molecule is Cc1ccc(N)c(C(=O)OCc2ccn(C)n2)c1. The minimum Gasteiger partial charge on any atom is -0.455 e. The maximum atomic E-state index is 11.9. The van der Waals surface area contributed by atoms with Crippen molar-refractivity contribution < 1.29 is 9.53 Å². The highest BCUT2D eigenvalue weighted by molar-refractivity contribution is 5.95. The fourth-order valence-electron chi connectivity index (χ4n) is 1.60. The zero-order valence-corrected chi connectivity index (χ0v) is 10.4. The molecule has 0 aliphatic heterocycles. The lowest BCUT2D eigenvalue weighted by Gasteiger charge is -2.06. The third kappa shape index (κ3) is 2.68. The fraction of sp³-hybridized carbons (Fsp3) is 0.231. The number of carbonyl (C=O) groups is 1. The Balaban J connectivity index is 2.05. The second kappa shape index (κ2) is 4.91. The topological polar surface area (TPSA) is 70.1 Å². The van der Waals surface area contributed by atoms with Crippen molar-refractivity contribution in [1.29, 1.82) is 0 Å². The number of hydrogen-bond donors (Lipinski definition) is 1. The molecule has 1 aromatic heterocycles. The molecule has 0 radical (unpaired) electrons. The molecule has 1 aromatic carbocycles. The predicted molar refractivity (Wildman–Crippen MR) is 67.9 cm³/mol. The lowest BCUT2D eigenvalue weighted by Crippen LogP contribution is -2.09. The van der Waals surface area contributed by atoms with E-state index < -0.39 is 5.97 Å². The van der Waals surface area contributed by atoms with Gasteiger partial charge >= 0.3 is 5.97 Å². The number of hydrogen-bond acceptors (Lipinski definition) is 4. The van der Waals surface area contributed by atoms with E-state index >= 15 is 0 Å². The number of esters is 1. The van der Waals surface area contributed by atoms with Gasteiger partial charge in [0.15, 0.2) is 0 Å². The summed E-state index contributed by atoms with van der Waals surface area (Å²) in [7, 11) is 1.81. The molecule has 0 unspecified atom stereocenters. The van der Waals surface area contributed by atoms with E-state index in [-0.39, 0.29) is 6.61 Å². The van der Waals surface area contributed by atoms with Crippen LogP contribution in [0.15, 0.2) is 30.5 Å². The molecule has 0 aliphatic rings. The first kappa shape index (κ1) is 12.2. The van der Waals surface area contributed by atoms with Crippen molar-refractivity contribution >= 4 is 11.7 Å². The van der Waals surface area contributed by atoms with Crippen LogP contribution in [-0.4, -0.2) is 15.7 Å². The molecular weight excluding hydrogens is 230 g/mol. The van der Waals surface area contributed by atoms with E-state index in [0.717, 1.165) is 5.56 Å². The Bertz CT molecular complexity index is 575. The lowest BCUT2D eigenvalue weighted by atomic mass is 10.1. The summed E-state index contributed by atoms with van der Waals surface area (Å²) < 4.78 is 6.83. The second-order valence-electron chi connectivity index (χ2n) is 4.15.